The molecule has 0 aliphatic carbocycles. The number of hydrogen-bond donors (Lipinski definition) is 1. The summed E-state index contributed by atoms with van der Waals surface area (Å²) in [6, 6.07) is 9.93. The highest BCUT2D eigenvalue weighted by molar-refractivity contribution is 5.92. The molecule has 0 atom stereocenters. The molecule has 0 saturated carbocycles. The minimum atomic E-state index is -4.41. The number of anilines is 1. The third kappa shape index (κ3) is 4.05. The third-order valence-corrected chi connectivity index (χ3v) is 2.79. The van der Waals surface area contributed by atoms with Gasteiger partial charge in [-0.15, -0.1) is 0 Å². The third-order valence-electron chi connectivity index (χ3n) is 2.79. The highest BCUT2D eigenvalue weighted by Crippen LogP contribution is 2.29. The Morgan fingerprint density at radius 3 is 2.19 bits per heavy atom. The molecule has 6 heteroatoms. The van der Waals surface area contributed by atoms with Gasteiger partial charge in [-0.25, -0.2) is 4.39 Å². The molecule has 0 radical (unpaired) electrons. The second-order valence-electron chi connectivity index (χ2n) is 4.40. The number of amides is 1. The summed E-state index contributed by atoms with van der Waals surface area (Å²) >= 11 is 0. The average Bonchev–Trinajstić information content (AvgIpc) is 2.41. The van der Waals surface area contributed by atoms with Crippen LogP contribution < -0.4 is 5.32 Å². The van der Waals surface area contributed by atoms with Gasteiger partial charge in [0.1, 0.15) is 5.82 Å². The number of carbonyl (C=O) groups excluding carboxylic acids is 1. The standard InChI is InChI=1S/C15H11F4NO/c16-12-3-1-2-4-13(12)20-14(21)9-10-5-7-11(8-6-10)15(17,18)19/h1-8H,9H2,(H,20,21). The van der Waals surface area contributed by atoms with Gasteiger partial charge in [-0.2, -0.15) is 13.2 Å². The smallest absolute Gasteiger partial charge is 0.323 e. The van der Waals surface area contributed by atoms with E-state index in [0.717, 1.165) is 12.1 Å². The lowest BCUT2D eigenvalue weighted by atomic mass is 10.1. The van der Waals surface area contributed by atoms with Crippen LogP contribution in [0.5, 0.6) is 0 Å². The molecule has 0 aliphatic heterocycles. The number of hydrogen-bond acceptors (Lipinski definition) is 1. The van der Waals surface area contributed by atoms with Crippen molar-refractivity contribution in [1.82, 2.24) is 0 Å². The van der Waals surface area contributed by atoms with Crippen LogP contribution in [-0.4, -0.2) is 5.91 Å². The Kier molecular flexibility index (Phi) is 4.26. The maximum Gasteiger partial charge on any atom is 0.416 e. The molecule has 0 unspecified atom stereocenters. The molecule has 2 aromatic rings. The number of halogens is 4. The fraction of sp³-hybridized carbons (Fsp3) is 0.133. The Labute approximate surface area is 118 Å². The number of carbonyl (C=O) groups is 1. The van der Waals surface area contributed by atoms with Gasteiger partial charge >= 0.3 is 6.18 Å². The van der Waals surface area contributed by atoms with Crippen LogP contribution in [0.1, 0.15) is 11.1 Å². The fourth-order valence-corrected chi connectivity index (χ4v) is 1.75. The Balaban J connectivity index is 2.02. The lowest BCUT2D eigenvalue weighted by molar-refractivity contribution is -0.137. The van der Waals surface area contributed by atoms with Crippen LogP contribution in [0.2, 0.25) is 0 Å². The molecule has 2 rings (SSSR count). The van der Waals surface area contributed by atoms with Gasteiger partial charge in [-0.3, -0.25) is 4.79 Å². The van der Waals surface area contributed by atoms with E-state index in [1.807, 2.05) is 0 Å². The van der Waals surface area contributed by atoms with E-state index < -0.39 is 23.5 Å². The molecule has 0 aromatic heterocycles. The van der Waals surface area contributed by atoms with E-state index in [2.05, 4.69) is 5.32 Å². The number of benzene rings is 2. The van der Waals surface area contributed by atoms with Crippen molar-refractivity contribution in [2.75, 3.05) is 5.32 Å². The lowest BCUT2D eigenvalue weighted by Gasteiger charge is -2.08. The highest BCUT2D eigenvalue weighted by Gasteiger charge is 2.29. The van der Waals surface area contributed by atoms with Gasteiger partial charge in [0.25, 0.3) is 0 Å². The van der Waals surface area contributed by atoms with Gasteiger partial charge in [0, 0.05) is 0 Å². The van der Waals surface area contributed by atoms with Crippen LogP contribution in [0.15, 0.2) is 48.5 Å². The first-order chi connectivity index (χ1) is 9.86. The summed E-state index contributed by atoms with van der Waals surface area (Å²) < 4.78 is 50.5. The quantitative estimate of drug-likeness (QED) is 0.852. The van der Waals surface area contributed by atoms with Crippen molar-refractivity contribution in [2.24, 2.45) is 0 Å². The predicted octanol–water partition coefficient (Wildman–Crippen LogP) is 4.03. The normalized spacial score (nSPS) is 11.2. The largest absolute Gasteiger partial charge is 0.416 e. The molecular formula is C15H11F4NO. The van der Waals surface area contributed by atoms with Crippen molar-refractivity contribution < 1.29 is 22.4 Å². The van der Waals surface area contributed by atoms with Gasteiger partial charge in [0.2, 0.25) is 5.91 Å². The van der Waals surface area contributed by atoms with E-state index >= 15 is 0 Å². The van der Waals surface area contributed by atoms with Crippen LogP contribution in [0.3, 0.4) is 0 Å². The van der Waals surface area contributed by atoms with Gasteiger partial charge in [-0.05, 0) is 29.8 Å². The molecule has 1 amide bonds. The molecule has 0 bridgehead atoms. The molecule has 0 heterocycles. The lowest BCUT2D eigenvalue weighted by Crippen LogP contribution is -2.15. The summed E-state index contributed by atoms with van der Waals surface area (Å²) in [5.41, 5.74) is -0.327. The van der Waals surface area contributed by atoms with Crippen LogP contribution in [0.25, 0.3) is 0 Å². The molecular weight excluding hydrogens is 286 g/mol. The van der Waals surface area contributed by atoms with E-state index in [9.17, 15) is 22.4 Å². The van der Waals surface area contributed by atoms with E-state index in [1.165, 1.54) is 30.3 Å². The molecule has 0 spiro atoms. The Morgan fingerprint density at radius 1 is 1.00 bits per heavy atom. The second-order valence-corrected chi connectivity index (χ2v) is 4.40. The molecule has 1 N–H and O–H groups in total. The number of rotatable bonds is 3. The first-order valence-corrected chi connectivity index (χ1v) is 6.07. The number of alkyl halides is 3. The van der Waals surface area contributed by atoms with Crippen LogP contribution in [-0.2, 0) is 17.4 Å². The van der Waals surface area contributed by atoms with Gasteiger partial charge < -0.3 is 5.32 Å². The van der Waals surface area contributed by atoms with Crippen molar-refractivity contribution in [1.29, 1.82) is 0 Å². The number of nitrogens with one attached hydrogen (secondary N) is 1. The molecule has 0 fully saturated rings. The molecule has 2 aromatic carbocycles. The Morgan fingerprint density at radius 2 is 1.62 bits per heavy atom. The van der Waals surface area contributed by atoms with Crippen LogP contribution >= 0.6 is 0 Å². The highest BCUT2D eigenvalue weighted by atomic mass is 19.4. The molecule has 0 aliphatic rings. The maximum absolute atomic E-state index is 13.3. The van der Waals surface area contributed by atoms with Gasteiger partial charge in [0.05, 0.1) is 17.7 Å². The van der Waals surface area contributed by atoms with Crippen LogP contribution in [0.4, 0.5) is 23.2 Å². The van der Waals surface area contributed by atoms with E-state index in [1.54, 1.807) is 6.07 Å². The molecule has 21 heavy (non-hydrogen) atoms. The molecule has 0 saturated heterocycles. The first-order valence-electron chi connectivity index (χ1n) is 6.07. The van der Waals surface area contributed by atoms with E-state index in [0.29, 0.717) is 5.56 Å². The number of para-hydroxylation sites is 1. The Bertz CT molecular complexity index is 635. The monoisotopic (exact) mass is 297 g/mol. The average molecular weight is 297 g/mol. The summed E-state index contributed by atoms with van der Waals surface area (Å²) in [6.45, 7) is 0. The zero-order valence-corrected chi connectivity index (χ0v) is 10.7. The summed E-state index contributed by atoms with van der Waals surface area (Å²) in [5, 5.41) is 2.37. The van der Waals surface area contributed by atoms with Gasteiger partial charge in [-0.1, -0.05) is 24.3 Å². The van der Waals surface area contributed by atoms with Crippen LogP contribution in [0, 0.1) is 5.82 Å². The van der Waals surface area contributed by atoms with Crippen molar-refractivity contribution in [2.45, 2.75) is 12.6 Å². The zero-order chi connectivity index (χ0) is 15.5. The Hall–Kier alpha value is -2.37. The van der Waals surface area contributed by atoms with E-state index in [4.69, 9.17) is 0 Å². The fourth-order valence-electron chi connectivity index (χ4n) is 1.75. The minimum Gasteiger partial charge on any atom is -0.323 e. The van der Waals surface area contributed by atoms with Crippen molar-refractivity contribution in [3.05, 3.63) is 65.5 Å². The summed E-state index contributed by atoms with van der Waals surface area (Å²) in [4.78, 5) is 11.7. The van der Waals surface area contributed by atoms with Crippen molar-refractivity contribution >= 4 is 11.6 Å². The zero-order valence-electron chi connectivity index (χ0n) is 10.7. The first kappa shape index (κ1) is 15.0. The van der Waals surface area contributed by atoms with Gasteiger partial charge in [0.15, 0.2) is 0 Å². The summed E-state index contributed by atoms with van der Waals surface area (Å²) in [5.74, 6) is -1.07. The van der Waals surface area contributed by atoms with E-state index in [-0.39, 0.29) is 12.1 Å². The summed E-state index contributed by atoms with van der Waals surface area (Å²) in [7, 11) is 0. The molecule has 110 valence electrons. The minimum absolute atomic E-state index is 0.0365. The second kappa shape index (κ2) is 5.95. The maximum atomic E-state index is 13.3. The molecule has 2 nitrogen and oxygen atoms in total. The topological polar surface area (TPSA) is 29.1 Å². The summed E-state index contributed by atoms with van der Waals surface area (Å²) in [6.07, 6.45) is -4.54. The predicted molar refractivity (Wildman–Crippen MR) is 70.2 cm³/mol. The van der Waals surface area contributed by atoms with Crippen molar-refractivity contribution in [3.63, 3.8) is 0 Å². The van der Waals surface area contributed by atoms with Crippen molar-refractivity contribution in [3.8, 4) is 0 Å². The SMILES string of the molecule is O=C(Cc1ccc(C(F)(F)F)cc1)Nc1ccccc1F.